The van der Waals surface area contributed by atoms with Gasteiger partial charge in [-0.25, -0.2) is 0 Å². The first-order valence-electron chi connectivity index (χ1n) is 3.40. The third kappa shape index (κ3) is 2.13. The van der Waals surface area contributed by atoms with Gasteiger partial charge in [-0.1, -0.05) is 13.3 Å². The Morgan fingerprint density at radius 3 is 1.75 bits per heavy atom. The van der Waals surface area contributed by atoms with Gasteiger partial charge in [0.25, 0.3) is 12.1 Å². The molecule has 0 heterocycles. The van der Waals surface area contributed by atoms with E-state index in [1.54, 1.807) is 6.92 Å². The van der Waals surface area contributed by atoms with Crippen molar-refractivity contribution in [1.82, 2.24) is 0 Å². The molecule has 6 N–H and O–H groups in total. The summed E-state index contributed by atoms with van der Waals surface area (Å²) in [5, 5.41) is 52.0. The van der Waals surface area contributed by atoms with Crippen molar-refractivity contribution in [2.75, 3.05) is 0 Å². The minimum Gasteiger partial charge on any atom is -0.361 e. The monoisotopic (exact) mass is 181 g/mol. The standard InChI is InChI=1S/C6H13O6/c1-2-3-5(9,10)6(11,12)4(7)8/h7-12H,2-3H2,1H3. The predicted octanol–water partition coefficient (Wildman–Crippen LogP) is -1.62. The minimum absolute atomic E-state index is 0.239. The molecular weight excluding hydrogens is 168 g/mol. The van der Waals surface area contributed by atoms with Crippen LogP contribution in [-0.4, -0.2) is 42.2 Å². The molecule has 0 atom stereocenters. The van der Waals surface area contributed by atoms with Gasteiger partial charge in [0.15, 0.2) is 0 Å². The van der Waals surface area contributed by atoms with E-state index in [1.165, 1.54) is 0 Å². The second-order valence-corrected chi connectivity index (χ2v) is 2.56. The molecule has 0 aliphatic carbocycles. The molecule has 0 aliphatic heterocycles. The number of hydrogen-bond acceptors (Lipinski definition) is 6. The zero-order valence-electron chi connectivity index (χ0n) is 6.60. The number of aliphatic hydroxyl groups excluding tert-OH is 1. The molecule has 0 saturated carbocycles. The first-order chi connectivity index (χ1) is 5.25. The molecule has 0 spiro atoms. The minimum atomic E-state index is -3.41. The van der Waals surface area contributed by atoms with E-state index in [-0.39, 0.29) is 6.42 Å². The number of aliphatic hydroxyl groups is 6. The van der Waals surface area contributed by atoms with Gasteiger partial charge in [-0.3, -0.25) is 0 Å². The van der Waals surface area contributed by atoms with Crippen LogP contribution in [0.1, 0.15) is 19.8 Å². The number of hydrogen-bond donors (Lipinski definition) is 6. The molecule has 0 aliphatic rings. The van der Waals surface area contributed by atoms with Crippen LogP contribution in [0.3, 0.4) is 0 Å². The summed E-state index contributed by atoms with van der Waals surface area (Å²) in [5.74, 6) is -6.37. The van der Waals surface area contributed by atoms with Crippen molar-refractivity contribution in [3.05, 3.63) is 6.29 Å². The summed E-state index contributed by atoms with van der Waals surface area (Å²) >= 11 is 0. The van der Waals surface area contributed by atoms with Crippen molar-refractivity contribution in [2.45, 2.75) is 31.3 Å². The van der Waals surface area contributed by atoms with Crippen LogP contribution in [0.15, 0.2) is 0 Å². The van der Waals surface area contributed by atoms with Gasteiger partial charge in [-0.05, 0) is 0 Å². The maximum Gasteiger partial charge on any atom is 0.285 e. The molecule has 0 aromatic heterocycles. The lowest BCUT2D eigenvalue weighted by atomic mass is 10.0. The molecule has 0 aromatic carbocycles. The van der Waals surface area contributed by atoms with Gasteiger partial charge in [0.1, 0.15) is 0 Å². The highest BCUT2D eigenvalue weighted by molar-refractivity contribution is 4.92. The highest BCUT2D eigenvalue weighted by atomic mass is 16.6. The van der Waals surface area contributed by atoms with Crippen LogP contribution in [0, 0.1) is 6.29 Å². The fourth-order valence-electron chi connectivity index (χ4n) is 0.702. The molecule has 0 aromatic rings. The van der Waals surface area contributed by atoms with E-state index >= 15 is 0 Å². The Morgan fingerprint density at radius 1 is 1.08 bits per heavy atom. The Kier molecular flexibility index (Phi) is 3.58. The average molecular weight is 181 g/mol. The smallest absolute Gasteiger partial charge is 0.285 e. The van der Waals surface area contributed by atoms with Gasteiger partial charge in [0.2, 0.25) is 5.79 Å². The number of rotatable bonds is 4. The second kappa shape index (κ2) is 3.65. The van der Waals surface area contributed by atoms with Crippen molar-refractivity contribution in [2.24, 2.45) is 0 Å². The van der Waals surface area contributed by atoms with E-state index in [9.17, 15) is 0 Å². The van der Waals surface area contributed by atoms with E-state index in [2.05, 4.69) is 0 Å². The summed E-state index contributed by atoms with van der Waals surface area (Å²) in [5.41, 5.74) is 0. The zero-order valence-corrected chi connectivity index (χ0v) is 6.60. The van der Waals surface area contributed by atoms with Gasteiger partial charge in [0.05, 0.1) is 0 Å². The molecule has 0 unspecified atom stereocenters. The van der Waals surface area contributed by atoms with Gasteiger partial charge in [0, 0.05) is 6.42 Å². The molecule has 6 nitrogen and oxygen atoms in total. The Hall–Kier alpha value is -0.240. The molecule has 0 saturated heterocycles. The molecule has 0 amide bonds. The summed E-state index contributed by atoms with van der Waals surface area (Å²) in [6.45, 7) is 1.56. The van der Waals surface area contributed by atoms with Crippen LogP contribution in [0.4, 0.5) is 0 Å². The summed E-state index contributed by atoms with van der Waals surface area (Å²) < 4.78 is 0. The van der Waals surface area contributed by atoms with Gasteiger partial charge < -0.3 is 30.6 Å². The third-order valence-electron chi connectivity index (χ3n) is 1.47. The summed E-state index contributed by atoms with van der Waals surface area (Å²) in [6.07, 6.45) is -2.01. The molecule has 6 heteroatoms. The van der Waals surface area contributed by atoms with E-state index < -0.39 is 24.3 Å². The molecule has 0 bridgehead atoms. The lowest BCUT2D eigenvalue weighted by Crippen LogP contribution is -2.58. The second-order valence-electron chi connectivity index (χ2n) is 2.56. The molecule has 1 radical (unpaired) electrons. The van der Waals surface area contributed by atoms with Crippen LogP contribution in [0.25, 0.3) is 0 Å². The average Bonchev–Trinajstić information content (AvgIpc) is 1.86. The SMILES string of the molecule is CCCC(O)(O)C(O)(O)[C](O)O. The van der Waals surface area contributed by atoms with Crippen LogP contribution < -0.4 is 0 Å². The fourth-order valence-corrected chi connectivity index (χ4v) is 0.702. The summed E-state index contributed by atoms with van der Waals surface area (Å²) in [4.78, 5) is 0. The Morgan fingerprint density at radius 2 is 1.50 bits per heavy atom. The topological polar surface area (TPSA) is 121 Å². The highest BCUT2D eigenvalue weighted by Crippen LogP contribution is 2.27. The Balaban J connectivity index is 4.50. The maximum absolute atomic E-state index is 8.93. The third-order valence-corrected chi connectivity index (χ3v) is 1.47. The van der Waals surface area contributed by atoms with Gasteiger partial charge in [-0.15, -0.1) is 0 Å². The zero-order chi connectivity index (χ0) is 9.99. The van der Waals surface area contributed by atoms with Gasteiger partial charge in [-0.2, -0.15) is 0 Å². The first-order valence-corrected chi connectivity index (χ1v) is 3.40. The van der Waals surface area contributed by atoms with E-state index in [0.29, 0.717) is 0 Å². The molecular formula is C6H13O6. The largest absolute Gasteiger partial charge is 0.361 e. The normalized spacial score (nSPS) is 14.0. The van der Waals surface area contributed by atoms with Crippen LogP contribution >= 0.6 is 0 Å². The van der Waals surface area contributed by atoms with Crippen LogP contribution in [0.5, 0.6) is 0 Å². The maximum atomic E-state index is 8.93. The quantitative estimate of drug-likeness (QED) is 0.290. The Labute approximate surface area is 69.3 Å². The van der Waals surface area contributed by atoms with Crippen molar-refractivity contribution in [1.29, 1.82) is 0 Å². The summed E-state index contributed by atoms with van der Waals surface area (Å²) in [6, 6.07) is 0. The molecule has 12 heavy (non-hydrogen) atoms. The van der Waals surface area contributed by atoms with Gasteiger partial charge >= 0.3 is 0 Å². The fraction of sp³-hybridized carbons (Fsp3) is 0.833. The summed E-state index contributed by atoms with van der Waals surface area (Å²) in [7, 11) is 0. The van der Waals surface area contributed by atoms with Crippen molar-refractivity contribution >= 4 is 0 Å². The lowest BCUT2D eigenvalue weighted by molar-refractivity contribution is -0.382. The van der Waals surface area contributed by atoms with Crippen molar-refractivity contribution in [3.63, 3.8) is 0 Å². The van der Waals surface area contributed by atoms with E-state index in [1.807, 2.05) is 0 Å². The van der Waals surface area contributed by atoms with Crippen molar-refractivity contribution < 1.29 is 30.6 Å². The Bertz CT molecular complexity index is 141. The van der Waals surface area contributed by atoms with E-state index in [4.69, 9.17) is 30.6 Å². The molecule has 0 rings (SSSR count). The van der Waals surface area contributed by atoms with Crippen LogP contribution in [-0.2, 0) is 0 Å². The van der Waals surface area contributed by atoms with Crippen molar-refractivity contribution in [3.8, 4) is 0 Å². The molecule has 0 fully saturated rings. The predicted molar refractivity (Wildman–Crippen MR) is 36.4 cm³/mol. The molecule has 73 valence electrons. The first kappa shape index (κ1) is 11.8. The van der Waals surface area contributed by atoms with E-state index in [0.717, 1.165) is 0 Å². The van der Waals surface area contributed by atoms with Crippen LogP contribution in [0.2, 0.25) is 0 Å². The lowest BCUT2D eigenvalue weighted by Gasteiger charge is -2.34. The highest BCUT2D eigenvalue weighted by Gasteiger charge is 2.53.